The number of carbonyl (C=O) groups is 2. The number of aliphatic carboxylic acids is 1. The van der Waals surface area contributed by atoms with Crippen molar-refractivity contribution < 1.29 is 19.4 Å². The summed E-state index contributed by atoms with van der Waals surface area (Å²) in [6.45, 7) is 3.66. The van der Waals surface area contributed by atoms with Gasteiger partial charge in [-0.05, 0) is 36.5 Å². The lowest BCUT2D eigenvalue weighted by Crippen LogP contribution is -2.38. The summed E-state index contributed by atoms with van der Waals surface area (Å²) in [6.07, 6.45) is 3.56. The SMILES string of the molecule is CCCCOC(=O)C(C)(C/C(=C/c1ccccc1)c1ccccc1)C(=O)O. The van der Waals surface area contributed by atoms with Crippen molar-refractivity contribution in [2.45, 2.75) is 33.1 Å². The molecule has 0 saturated heterocycles. The molecule has 2 rings (SSSR count). The van der Waals surface area contributed by atoms with Crippen molar-refractivity contribution in [1.82, 2.24) is 0 Å². The zero-order valence-corrected chi connectivity index (χ0v) is 15.9. The van der Waals surface area contributed by atoms with E-state index in [1.165, 1.54) is 6.92 Å². The van der Waals surface area contributed by atoms with E-state index in [0.29, 0.717) is 6.42 Å². The summed E-state index contributed by atoms with van der Waals surface area (Å²) in [4.78, 5) is 24.6. The monoisotopic (exact) mass is 366 g/mol. The van der Waals surface area contributed by atoms with Crippen molar-refractivity contribution in [3.63, 3.8) is 0 Å². The van der Waals surface area contributed by atoms with Gasteiger partial charge in [-0.3, -0.25) is 9.59 Å². The second kappa shape index (κ2) is 9.72. The average Bonchev–Trinajstić information content (AvgIpc) is 2.68. The number of carboxylic acid groups (broad SMARTS) is 1. The normalized spacial score (nSPS) is 13.6. The van der Waals surface area contributed by atoms with E-state index < -0.39 is 17.4 Å². The molecule has 0 saturated carbocycles. The predicted octanol–water partition coefficient (Wildman–Crippen LogP) is 5.05. The fraction of sp³-hybridized carbons (Fsp3) is 0.304. The summed E-state index contributed by atoms with van der Waals surface area (Å²) >= 11 is 0. The summed E-state index contributed by atoms with van der Waals surface area (Å²) in [5.41, 5.74) is 0.960. The fourth-order valence-electron chi connectivity index (χ4n) is 2.72. The molecule has 4 heteroatoms. The molecule has 0 aliphatic carbocycles. The van der Waals surface area contributed by atoms with Crippen LogP contribution in [0.3, 0.4) is 0 Å². The Morgan fingerprint density at radius 2 is 1.63 bits per heavy atom. The molecular formula is C23H26O4. The first kappa shape index (κ1) is 20.4. The molecular weight excluding hydrogens is 340 g/mol. The van der Waals surface area contributed by atoms with Crippen molar-refractivity contribution in [1.29, 1.82) is 0 Å². The molecule has 0 heterocycles. The number of esters is 1. The Morgan fingerprint density at radius 1 is 1.04 bits per heavy atom. The number of rotatable bonds is 9. The second-order valence-corrected chi connectivity index (χ2v) is 6.75. The maximum Gasteiger partial charge on any atom is 0.323 e. The number of allylic oxidation sites excluding steroid dienone is 1. The lowest BCUT2D eigenvalue weighted by atomic mass is 9.81. The van der Waals surface area contributed by atoms with E-state index in [9.17, 15) is 14.7 Å². The number of carbonyl (C=O) groups excluding carboxylic acids is 1. The van der Waals surface area contributed by atoms with Crippen molar-refractivity contribution in [2.75, 3.05) is 6.61 Å². The molecule has 0 aliphatic heterocycles. The lowest BCUT2D eigenvalue weighted by molar-refractivity contribution is -0.167. The second-order valence-electron chi connectivity index (χ2n) is 6.75. The van der Waals surface area contributed by atoms with Gasteiger partial charge in [0, 0.05) is 0 Å². The van der Waals surface area contributed by atoms with E-state index in [1.54, 1.807) is 0 Å². The summed E-state index contributed by atoms with van der Waals surface area (Å²) in [5, 5.41) is 9.79. The van der Waals surface area contributed by atoms with Gasteiger partial charge in [0.2, 0.25) is 0 Å². The quantitative estimate of drug-likeness (QED) is 0.292. The molecule has 2 aromatic carbocycles. The molecule has 4 nitrogen and oxygen atoms in total. The largest absolute Gasteiger partial charge is 0.480 e. The highest BCUT2D eigenvalue weighted by Gasteiger charge is 2.43. The zero-order valence-electron chi connectivity index (χ0n) is 15.9. The van der Waals surface area contributed by atoms with E-state index in [-0.39, 0.29) is 13.0 Å². The van der Waals surface area contributed by atoms with Gasteiger partial charge in [0.1, 0.15) is 0 Å². The third-order valence-corrected chi connectivity index (χ3v) is 4.48. The smallest absolute Gasteiger partial charge is 0.323 e. The molecule has 0 bridgehead atoms. The third-order valence-electron chi connectivity index (χ3n) is 4.48. The first-order chi connectivity index (χ1) is 13.0. The van der Waals surface area contributed by atoms with E-state index >= 15 is 0 Å². The molecule has 0 aliphatic rings. The van der Waals surface area contributed by atoms with Gasteiger partial charge in [-0.25, -0.2) is 0 Å². The Kier molecular flexibility index (Phi) is 7.35. The van der Waals surface area contributed by atoms with Gasteiger partial charge in [0.05, 0.1) is 6.61 Å². The van der Waals surface area contributed by atoms with Gasteiger partial charge in [-0.1, -0.05) is 80.1 Å². The van der Waals surface area contributed by atoms with Crippen molar-refractivity contribution in [3.05, 3.63) is 71.8 Å². The van der Waals surface area contributed by atoms with Crippen LogP contribution in [-0.4, -0.2) is 23.7 Å². The molecule has 1 atom stereocenters. The molecule has 27 heavy (non-hydrogen) atoms. The first-order valence-electron chi connectivity index (χ1n) is 9.19. The molecule has 0 fully saturated rings. The van der Waals surface area contributed by atoms with E-state index in [4.69, 9.17) is 4.74 Å². The number of benzene rings is 2. The van der Waals surface area contributed by atoms with Crippen LogP contribution in [0.2, 0.25) is 0 Å². The van der Waals surface area contributed by atoms with Crippen molar-refractivity contribution in [2.24, 2.45) is 5.41 Å². The highest BCUT2D eigenvalue weighted by molar-refractivity contribution is 6.01. The van der Waals surface area contributed by atoms with Crippen LogP contribution in [0, 0.1) is 5.41 Å². The van der Waals surface area contributed by atoms with E-state index in [0.717, 1.165) is 23.1 Å². The maximum atomic E-state index is 12.6. The summed E-state index contributed by atoms with van der Waals surface area (Å²) in [7, 11) is 0. The number of unbranched alkanes of at least 4 members (excludes halogenated alkanes) is 1. The summed E-state index contributed by atoms with van der Waals surface area (Å²) in [6, 6.07) is 19.2. The summed E-state index contributed by atoms with van der Waals surface area (Å²) in [5.74, 6) is -1.88. The molecule has 0 amide bonds. The third kappa shape index (κ3) is 5.55. The Labute approximate surface area is 160 Å². The van der Waals surface area contributed by atoms with Gasteiger partial charge < -0.3 is 9.84 Å². The Balaban J connectivity index is 2.38. The molecule has 142 valence electrons. The molecule has 0 radical (unpaired) electrons. The molecule has 0 aromatic heterocycles. The zero-order chi connectivity index (χ0) is 19.7. The minimum Gasteiger partial charge on any atom is -0.480 e. The van der Waals surface area contributed by atoms with Crippen LogP contribution in [0.4, 0.5) is 0 Å². The highest BCUT2D eigenvalue weighted by Crippen LogP contribution is 2.34. The van der Waals surface area contributed by atoms with Crippen molar-refractivity contribution >= 4 is 23.6 Å². The molecule has 1 N–H and O–H groups in total. The standard InChI is InChI=1S/C23H26O4/c1-3-4-15-27-22(26)23(2,21(24)25)17-20(19-13-9-6-10-14-19)16-18-11-7-5-8-12-18/h5-14,16H,3-4,15,17H2,1-2H3,(H,24,25)/b20-16-. The Morgan fingerprint density at radius 3 is 2.19 bits per heavy atom. The summed E-state index contributed by atoms with van der Waals surface area (Å²) < 4.78 is 5.25. The Hall–Kier alpha value is -2.88. The van der Waals surface area contributed by atoms with Gasteiger partial charge in [0.15, 0.2) is 5.41 Å². The minimum absolute atomic E-state index is 0.0478. The molecule has 0 spiro atoms. The minimum atomic E-state index is -1.65. The van der Waals surface area contributed by atoms with Crippen LogP contribution < -0.4 is 0 Å². The number of ether oxygens (including phenoxy) is 1. The van der Waals surface area contributed by atoms with Crippen LogP contribution in [0.25, 0.3) is 11.6 Å². The van der Waals surface area contributed by atoms with Crippen LogP contribution in [0.15, 0.2) is 60.7 Å². The van der Waals surface area contributed by atoms with Crippen molar-refractivity contribution in [3.8, 4) is 0 Å². The lowest BCUT2D eigenvalue weighted by Gasteiger charge is -2.24. The molecule has 2 aromatic rings. The van der Waals surface area contributed by atoms with Crippen LogP contribution in [0.1, 0.15) is 44.2 Å². The highest BCUT2D eigenvalue weighted by atomic mass is 16.5. The van der Waals surface area contributed by atoms with Crippen LogP contribution >= 0.6 is 0 Å². The number of carboxylic acids is 1. The van der Waals surface area contributed by atoms with Gasteiger partial charge in [0.25, 0.3) is 0 Å². The maximum absolute atomic E-state index is 12.6. The fourth-order valence-corrected chi connectivity index (χ4v) is 2.72. The van der Waals surface area contributed by atoms with Gasteiger partial charge >= 0.3 is 11.9 Å². The Bertz CT molecular complexity index is 781. The number of hydrogen-bond acceptors (Lipinski definition) is 3. The van der Waals surface area contributed by atoms with Gasteiger partial charge in [-0.15, -0.1) is 0 Å². The number of hydrogen-bond donors (Lipinski definition) is 1. The first-order valence-corrected chi connectivity index (χ1v) is 9.19. The van der Waals surface area contributed by atoms with E-state index in [1.807, 2.05) is 73.7 Å². The van der Waals surface area contributed by atoms with E-state index in [2.05, 4.69) is 0 Å². The van der Waals surface area contributed by atoms with Gasteiger partial charge in [-0.2, -0.15) is 0 Å². The average molecular weight is 366 g/mol. The van der Waals surface area contributed by atoms with Crippen LogP contribution in [0.5, 0.6) is 0 Å². The topological polar surface area (TPSA) is 63.6 Å². The predicted molar refractivity (Wildman–Crippen MR) is 107 cm³/mol. The van der Waals surface area contributed by atoms with Crippen LogP contribution in [-0.2, 0) is 14.3 Å². The molecule has 1 unspecified atom stereocenters.